The van der Waals surface area contributed by atoms with Gasteiger partial charge >= 0.3 is 5.97 Å². The van der Waals surface area contributed by atoms with Gasteiger partial charge in [-0.2, -0.15) is 0 Å². The molecule has 1 aliphatic rings. The van der Waals surface area contributed by atoms with Crippen LogP contribution in [0.1, 0.15) is 12.8 Å². The number of nitrogens with one attached hydrogen (secondary N) is 2. The second-order valence-electron chi connectivity index (χ2n) is 5.17. The molecule has 1 aliphatic heterocycles. The highest BCUT2D eigenvalue weighted by Gasteiger charge is 2.28. The molecule has 1 aromatic carbocycles. The zero-order chi connectivity index (χ0) is 17.1. The van der Waals surface area contributed by atoms with Crippen LogP contribution in [0.5, 0.6) is 5.75 Å². The number of thiazole rings is 1. The summed E-state index contributed by atoms with van der Waals surface area (Å²) in [5, 5.41) is 5.49. The summed E-state index contributed by atoms with van der Waals surface area (Å²) >= 11 is 1.29. The van der Waals surface area contributed by atoms with Gasteiger partial charge in [-0.25, -0.2) is 9.78 Å². The van der Waals surface area contributed by atoms with Crippen LogP contribution >= 0.6 is 11.3 Å². The number of ether oxygens (including phenoxy) is 2. The van der Waals surface area contributed by atoms with Crippen molar-refractivity contribution >= 4 is 44.5 Å². The molecule has 1 unspecified atom stereocenters. The quantitative estimate of drug-likeness (QED) is 0.782. The van der Waals surface area contributed by atoms with Gasteiger partial charge in [0.15, 0.2) is 11.7 Å². The van der Waals surface area contributed by atoms with Crippen molar-refractivity contribution < 1.29 is 23.9 Å². The summed E-state index contributed by atoms with van der Waals surface area (Å²) in [7, 11) is 1.58. The van der Waals surface area contributed by atoms with Crippen molar-refractivity contribution in [3.8, 4) is 5.75 Å². The van der Waals surface area contributed by atoms with Crippen LogP contribution in [0.3, 0.4) is 0 Å². The molecule has 1 atom stereocenters. The standard InChI is InChI=1S/C15H15N3O5S/c1-22-8-2-3-9-11(6-8)24-15(17-9)18-13(20)7-23-14(21)10-4-5-12(19)16-10/h2-3,6,10H,4-5,7H2,1H3,(H,16,19)(H,17,18,20). The molecule has 2 N–H and O–H groups in total. The minimum Gasteiger partial charge on any atom is -0.497 e. The van der Waals surface area contributed by atoms with Gasteiger partial charge in [-0.15, -0.1) is 0 Å². The van der Waals surface area contributed by atoms with E-state index in [1.54, 1.807) is 19.2 Å². The molecule has 0 aliphatic carbocycles. The number of rotatable bonds is 5. The number of amides is 2. The molecule has 1 aromatic heterocycles. The lowest BCUT2D eigenvalue weighted by molar-refractivity contribution is -0.149. The van der Waals surface area contributed by atoms with Crippen molar-refractivity contribution in [3.05, 3.63) is 18.2 Å². The van der Waals surface area contributed by atoms with E-state index < -0.39 is 24.5 Å². The molecular weight excluding hydrogens is 334 g/mol. The number of hydrogen-bond acceptors (Lipinski definition) is 7. The molecule has 2 aromatic rings. The fourth-order valence-corrected chi connectivity index (χ4v) is 3.18. The Balaban J connectivity index is 1.55. The van der Waals surface area contributed by atoms with Crippen LogP contribution in [0.25, 0.3) is 10.2 Å². The van der Waals surface area contributed by atoms with Gasteiger partial charge in [-0.3, -0.25) is 14.9 Å². The first-order valence-corrected chi connectivity index (χ1v) is 8.07. The Morgan fingerprint density at radius 2 is 2.29 bits per heavy atom. The van der Waals surface area contributed by atoms with Crippen molar-refractivity contribution in [1.29, 1.82) is 0 Å². The highest BCUT2D eigenvalue weighted by molar-refractivity contribution is 7.22. The Bertz CT molecular complexity index is 804. The number of benzene rings is 1. The van der Waals surface area contributed by atoms with Gasteiger partial charge in [0, 0.05) is 6.42 Å². The maximum absolute atomic E-state index is 11.9. The van der Waals surface area contributed by atoms with E-state index in [1.165, 1.54) is 11.3 Å². The molecule has 0 spiro atoms. The van der Waals surface area contributed by atoms with Crippen molar-refractivity contribution in [2.75, 3.05) is 19.0 Å². The largest absolute Gasteiger partial charge is 0.497 e. The Kier molecular flexibility index (Phi) is 4.61. The molecule has 2 heterocycles. The number of hydrogen-bond donors (Lipinski definition) is 2. The number of anilines is 1. The van der Waals surface area contributed by atoms with Crippen molar-refractivity contribution in [2.24, 2.45) is 0 Å². The summed E-state index contributed by atoms with van der Waals surface area (Å²) in [4.78, 5) is 38.9. The third kappa shape index (κ3) is 3.62. The van der Waals surface area contributed by atoms with E-state index in [2.05, 4.69) is 15.6 Å². The number of carbonyl (C=O) groups excluding carboxylic acids is 3. The molecule has 9 heteroatoms. The topological polar surface area (TPSA) is 107 Å². The van der Waals surface area contributed by atoms with E-state index in [4.69, 9.17) is 9.47 Å². The van der Waals surface area contributed by atoms with Crippen molar-refractivity contribution in [1.82, 2.24) is 10.3 Å². The first-order chi connectivity index (χ1) is 11.5. The maximum atomic E-state index is 11.9. The van der Waals surface area contributed by atoms with Crippen LogP contribution in [0.2, 0.25) is 0 Å². The molecule has 2 amide bonds. The van der Waals surface area contributed by atoms with Crippen LogP contribution in [0, 0.1) is 0 Å². The van der Waals surface area contributed by atoms with Gasteiger partial charge in [-0.05, 0) is 24.6 Å². The minimum atomic E-state index is -0.666. The summed E-state index contributed by atoms with van der Waals surface area (Å²) in [6.45, 7) is -0.426. The van der Waals surface area contributed by atoms with E-state index in [1.807, 2.05) is 6.07 Å². The van der Waals surface area contributed by atoms with Gasteiger partial charge in [0.05, 0.1) is 17.3 Å². The minimum absolute atomic E-state index is 0.189. The van der Waals surface area contributed by atoms with Crippen LogP contribution in [0.4, 0.5) is 5.13 Å². The SMILES string of the molecule is COc1ccc2nc(NC(=O)COC(=O)C3CCC(=O)N3)sc2c1. The average Bonchev–Trinajstić information content (AvgIpc) is 3.17. The normalized spacial score (nSPS) is 16.7. The van der Waals surface area contributed by atoms with Crippen molar-refractivity contribution in [3.63, 3.8) is 0 Å². The second-order valence-corrected chi connectivity index (χ2v) is 6.20. The molecule has 8 nitrogen and oxygen atoms in total. The Morgan fingerprint density at radius 1 is 1.46 bits per heavy atom. The predicted octanol–water partition coefficient (Wildman–Crippen LogP) is 1.07. The Morgan fingerprint density at radius 3 is 3.00 bits per heavy atom. The number of carbonyl (C=O) groups is 3. The summed E-state index contributed by atoms with van der Waals surface area (Å²) in [5.41, 5.74) is 0.738. The third-order valence-corrected chi connectivity index (χ3v) is 4.40. The van der Waals surface area contributed by atoms with E-state index in [-0.39, 0.29) is 5.91 Å². The summed E-state index contributed by atoms with van der Waals surface area (Å²) in [6.07, 6.45) is 0.681. The zero-order valence-electron chi connectivity index (χ0n) is 12.8. The van der Waals surface area contributed by atoms with Gasteiger partial charge in [0.2, 0.25) is 5.91 Å². The molecule has 0 saturated carbocycles. The van der Waals surface area contributed by atoms with Gasteiger partial charge < -0.3 is 14.8 Å². The first kappa shape index (κ1) is 16.2. The average molecular weight is 349 g/mol. The fraction of sp³-hybridized carbons (Fsp3) is 0.333. The van der Waals surface area contributed by atoms with E-state index >= 15 is 0 Å². The van der Waals surface area contributed by atoms with E-state index in [0.29, 0.717) is 23.7 Å². The highest BCUT2D eigenvalue weighted by atomic mass is 32.1. The molecule has 0 radical (unpaired) electrons. The molecule has 0 bridgehead atoms. The van der Waals surface area contributed by atoms with Crippen LogP contribution < -0.4 is 15.4 Å². The Labute approximate surface area is 141 Å². The molecule has 3 rings (SSSR count). The number of methoxy groups -OCH3 is 1. The molecular formula is C15H15N3O5S. The van der Waals surface area contributed by atoms with Crippen LogP contribution in [-0.2, 0) is 19.1 Å². The van der Waals surface area contributed by atoms with Crippen LogP contribution in [0.15, 0.2) is 18.2 Å². The fourth-order valence-electron chi connectivity index (χ4n) is 2.27. The lowest BCUT2D eigenvalue weighted by Crippen LogP contribution is -2.36. The summed E-state index contributed by atoms with van der Waals surface area (Å²) in [5.74, 6) is -0.577. The number of nitrogens with zero attached hydrogens (tertiary/aromatic N) is 1. The highest BCUT2D eigenvalue weighted by Crippen LogP contribution is 2.29. The predicted molar refractivity (Wildman–Crippen MR) is 86.9 cm³/mol. The number of fused-ring (bicyclic) bond motifs is 1. The lowest BCUT2D eigenvalue weighted by Gasteiger charge is -2.09. The number of aromatic nitrogens is 1. The summed E-state index contributed by atoms with van der Waals surface area (Å²) < 4.78 is 10.9. The summed E-state index contributed by atoms with van der Waals surface area (Å²) in [6, 6.07) is 4.74. The Hall–Kier alpha value is -2.68. The second kappa shape index (κ2) is 6.83. The zero-order valence-corrected chi connectivity index (χ0v) is 13.6. The lowest BCUT2D eigenvalue weighted by atomic mass is 10.2. The molecule has 126 valence electrons. The molecule has 24 heavy (non-hydrogen) atoms. The number of esters is 1. The first-order valence-electron chi connectivity index (χ1n) is 7.25. The smallest absolute Gasteiger partial charge is 0.329 e. The van der Waals surface area contributed by atoms with E-state index in [0.717, 1.165) is 10.2 Å². The van der Waals surface area contributed by atoms with Gasteiger partial charge in [-0.1, -0.05) is 11.3 Å². The van der Waals surface area contributed by atoms with E-state index in [9.17, 15) is 14.4 Å². The monoisotopic (exact) mass is 349 g/mol. The van der Waals surface area contributed by atoms with Crippen LogP contribution in [-0.4, -0.2) is 42.5 Å². The van der Waals surface area contributed by atoms with Crippen molar-refractivity contribution in [2.45, 2.75) is 18.9 Å². The van der Waals surface area contributed by atoms with Gasteiger partial charge in [0.25, 0.3) is 5.91 Å². The van der Waals surface area contributed by atoms with Gasteiger partial charge in [0.1, 0.15) is 11.8 Å². The third-order valence-electron chi connectivity index (χ3n) is 3.47. The molecule has 1 fully saturated rings. The molecule has 1 saturated heterocycles. The maximum Gasteiger partial charge on any atom is 0.329 e.